The van der Waals surface area contributed by atoms with Gasteiger partial charge in [0, 0.05) is 12.5 Å². The maximum Gasteiger partial charge on any atom is 0.161 e. The number of benzene rings is 1. The molecule has 104 valence electrons. The van der Waals surface area contributed by atoms with Crippen LogP contribution in [0.1, 0.15) is 31.4 Å². The zero-order valence-corrected chi connectivity index (χ0v) is 11.3. The van der Waals surface area contributed by atoms with E-state index in [-0.39, 0.29) is 12.1 Å². The monoisotopic (exact) mass is 263 g/mol. The van der Waals surface area contributed by atoms with Crippen molar-refractivity contribution in [3.63, 3.8) is 0 Å². The second-order valence-electron chi connectivity index (χ2n) is 5.51. The van der Waals surface area contributed by atoms with Gasteiger partial charge in [0.05, 0.1) is 25.4 Å². The lowest BCUT2D eigenvalue weighted by Crippen LogP contribution is -2.25. The minimum Gasteiger partial charge on any atom is -0.489 e. The Labute approximate surface area is 113 Å². The van der Waals surface area contributed by atoms with Gasteiger partial charge in [0.15, 0.2) is 11.5 Å². The van der Waals surface area contributed by atoms with E-state index < -0.39 is 0 Å². The minimum atomic E-state index is -0.0860. The van der Waals surface area contributed by atoms with E-state index in [9.17, 15) is 0 Å². The van der Waals surface area contributed by atoms with Crippen molar-refractivity contribution in [2.45, 2.75) is 31.9 Å². The van der Waals surface area contributed by atoms with E-state index in [1.165, 1.54) is 0 Å². The Morgan fingerprint density at radius 3 is 2.74 bits per heavy atom. The van der Waals surface area contributed by atoms with Gasteiger partial charge >= 0.3 is 0 Å². The first-order chi connectivity index (χ1) is 9.24. The van der Waals surface area contributed by atoms with Gasteiger partial charge < -0.3 is 19.9 Å². The van der Waals surface area contributed by atoms with E-state index in [2.05, 4.69) is 6.92 Å². The lowest BCUT2D eigenvalue weighted by molar-refractivity contribution is 0.0899. The Balaban J connectivity index is 1.80. The summed E-state index contributed by atoms with van der Waals surface area (Å²) in [6, 6.07) is 5.89. The number of hydrogen-bond acceptors (Lipinski definition) is 4. The van der Waals surface area contributed by atoms with Crippen molar-refractivity contribution in [1.82, 2.24) is 0 Å². The van der Waals surface area contributed by atoms with Crippen LogP contribution in [0.25, 0.3) is 0 Å². The summed E-state index contributed by atoms with van der Waals surface area (Å²) < 4.78 is 17.2. The average Bonchev–Trinajstić information content (AvgIpc) is 2.90. The molecular formula is C15H21NO3. The molecule has 0 aliphatic carbocycles. The molecule has 1 aromatic rings. The highest BCUT2D eigenvalue weighted by molar-refractivity contribution is 5.44. The molecule has 19 heavy (non-hydrogen) atoms. The summed E-state index contributed by atoms with van der Waals surface area (Å²) in [5.41, 5.74) is 7.34. The third kappa shape index (κ3) is 2.69. The quantitative estimate of drug-likeness (QED) is 0.889. The maximum absolute atomic E-state index is 6.28. The molecule has 1 saturated heterocycles. The first kappa shape index (κ1) is 12.8. The van der Waals surface area contributed by atoms with Gasteiger partial charge in [-0.1, -0.05) is 13.0 Å². The zero-order valence-electron chi connectivity index (χ0n) is 11.3. The molecule has 2 N–H and O–H groups in total. The van der Waals surface area contributed by atoms with Crippen LogP contribution in [0.2, 0.25) is 0 Å². The predicted molar refractivity (Wildman–Crippen MR) is 72.5 cm³/mol. The van der Waals surface area contributed by atoms with Crippen LogP contribution >= 0.6 is 0 Å². The fourth-order valence-electron chi connectivity index (χ4n) is 2.58. The van der Waals surface area contributed by atoms with Crippen LogP contribution in [-0.2, 0) is 4.74 Å². The van der Waals surface area contributed by atoms with Gasteiger partial charge in [-0.05, 0) is 30.5 Å². The molecule has 3 unspecified atom stereocenters. The number of hydrogen-bond donors (Lipinski definition) is 1. The van der Waals surface area contributed by atoms with E-state index >= 15 is 0 Å². The van der Waals surface area contributed by atoms with E-state index in [4.69, 9.17) is 19.9 Å². The molecule has 0 saturated carbocycles. The summed E-state index contributed by atoms with van der Waals surface area (Å²) in [5, 5.41) is 0. The predicted octanol–water partition coefficient (Wildman–Crippen LogP) is 2.27. The first-order valence-corrected chi connectivity index (χ1v) is 7.01. The number of rotatable bonds is 2. The largest absolute Gasteiger partial charge is 0.489 e. The second-order valence-corrected chi connectivity index (χ2v) is 5.51. The number of fused-ring (bicyclic) bond motifs is 1. The summed E-state index contributed by atoms with van der Waals surface area (Å²) in [6.07, 6.45) is 2.26. The van der Waals surface area contributed by atoms with Gasteiger partial charge in [-0.15, -0.1) is 0 Å². The van der Waals surface area contributed by atoms with Gasteiger partial charge in [-0.25, -0.2) is 0 Å². The molecule has 0 spiro atoms. The van der Waals surface area contributed by atoms with Crippen LogP contribution in [0.15, 0.2) is 18.2 Å². The van der Waals surface area contributed by atoms with Crippen molar-refractivity contribution < 1.29 is 14.2 Å². The Hall–Kier alpha value is -1.26. The lowest BCUT2D eigenvalue weighted by Gasteiger charge is -2.20. The molecule has 1 aromatic carbocycles. The highest BCUT2D eigenvalue weighted by Gasteiger charge is 2.25. The van der Waals surface area contributed by atoms with Crippen molar-refractivity contribution >= 4 is 0 Å². The van der Waals surface area contributed by atoms with Crippen LogP contribution in [0.3, 0.4) is 0 Å². The molecule has 3 atom stereocenters. The Morgan fingerprint density at radius 2 is 2.00 bits per heavy atom. The topological polar surface area (TPSA) is 53.7 Å². The molecule has 4 heteroatoms. The standard InChI is InChI=1S/C15H21NO3/c1-10-8-18-12-5-4-11(7-14(12)19-9-10)15(16)13-3-2-6-17-13/h4-5,7,10,13,15H,2-3,6,8-9,16H2,1H3. The summed E-state index contributed by atoms with van der Waals surface area (Å²) in [7, 11) is 0. The van der Waals surface area contributed by atoms with Crippen molar-refractivity contribution in [1.29, 1.82) is 0 Å². The molecule has 3 rings (SSSR count). The van der Waals surface area contributed by atoms with E-state index in [0.717, 1.165) is 36.5 Å². The van der Waals surface area contributed by atoms with Crippen LogP contribution < -0.4 is 15.2 Å². The van der Waals surface area contributed by atoms with Crippen LogP contribution in [0, 0.1) is 5.92 Å². The number of nitrogens with two attached hydrogens (primary N) is 1. The van der Waals surface area contributed by atoms with Gasteiger partial charge in [-0.3, -0.25) is 0 Å². The minimum absolute atomic E-state index is 0.0860. The third-order valence-electron chi connectivity index (χ3n) is 3.76. The molecular weight excluding hydrogens is 242 g/mol. The van der Waals surface area contributed by atoms with E-state index in [1.807, 2.05) is 18.2 Å². The fraction of sp³-hybridized carbons (Fsp3) is 0.600. The second kappa shape index (κ2) is 5.39. The van der Waals surface area contributed by atoms with Gasteiger partial charge in [0.25, 0.3) is 0 Å². The summed E-state index contributed by atoms with van der Waals surface area (Å²) >= 11 is 0. The molecule has 4 nitrogen and oxygen atoms in total. The molecule has 2 aliphatic rings. The fourth-order valence-corrected chi connectivity index (χ4v) is 2.58. The van der Waals surface area contributed by atoms with Crippen molar-refractivity contribution in [2.75, 3.05) is 19.8 Å². The lowest BCUT2D eigenvalue weighted by atomic mass is 10.00. The van der Waals surface area contributed by atoms with Gasteiger partial charge in [0.2, 0.25) is 0 Å². The molecule has 2 aliphatic heterocycles. The molecule has 1 fully saturated rings. The van der Waals surface area contributed by atoms with Crippen molar-refractivity contribution in [3.05, 3.63) is 23.8 Å². The Morgan fingerprint density at radius 1 is 1.21 bits per heavy atom. The van der Waals surface area contributed by atoms with E-state index in [1.54, 1.807) is 0 Å². The molecule has 0 amide bonds. The molecule has 0 aromatic heterocycles. The molecule has 0 radical (unpaired) electrons. The van der Waals surface area contributed by atoms with Crippen LogP contribution in [-0.4, -0.2) is 25.9 Å². The third-order valence-corrected chi connectivity index (χ3v) is 3.76. The normalized spacial score (nSPS) is 27.9. The summed E-state index contributed by atoms with van der Waals surface area (Å²) in [5.74, 6) is 2.02. The highest BCUT2D eigenvalue weighted by Crippen LogP contribution is 2.34. The maximum atomic E-state index is 6.28. The van der Waals surface area contributed by atoms with Crippen LogP contribution in [0.4, 0.5) is 0 Å². The smallest absolute Gasteiger partial charge is 0.161 e. The summed E-state index contributed by atoms with van der Waals surface area (Å²) in [4.78, 5) is 0. The zero-order chi connectivity index (χ0) is 13.2. The molecule has 0 bridgehead atoms. The molecule has 2 heterocycles. The summed E-state index contributed by atoms with van der Waals surface area (Å²) in [6.45, 7) is 4.32. The van der Waals surface area contributed by atoms with Crippen molar-refractivity contribution in [3.8, 4) is 11.5 Å². The van der Waals surface area contributed by atoms with Crippen LogP contribution in [0.5, 0.6) is 11.5 Å². The SMILES string of the molecule is CC1COc2ccc(C(N)C3CCCO3)cc2OC1. The number of ether oxygens (including phenoxy) is 3. The Bertz CT molecular complexity index is 443. The van der Waals surface area contributed by atoms with Gasteiger partial charge in [-0.2, -0.15) is 0 Å². The highest BCUT2D eigenvalue weighted by atomic mass is 16.5. The Kier molecular flexibility index (Phi) is 3.62. The van der Waals surface area contributed by atoms with Gasteiger partial charge in [0.1, 0.15) is 0 Å². The average molecular weight is 263 g/mol. The van der Waals surface area contributed by atoms with E-state index in [0.29, 0.717) is 19.1 Å². The first-order valence-electron chi connectivity index (χ1n) is 7.01. The van der Waals surface area contributed by atoms with Crippen molar-refractivity contribution in [2.24, 2.45) is 11.7 Å².